The van der Waals surface area contributed by atoms with Gasteiger partial charge in [-0.1, -0.05) is 12.8 Å². The molecule has 27 heavy (non-hydrogen) atoms. The molecular formula is C19H26N4O3S. The molecule has 7 nitrogen and oxygen atoms in total. The van der Waals surface area contributed by atoms with Gasteiger partial charge >= 0.3 is 0 Å². The van der Waals surface area contributed by atoms with Crippen LogP contribution in [0.2, 0.25) is 0 Å². The van der Waals surface area contributed by atoms with E-state index in [1.807, 2.05) is 0 Å². The number of likely N-dealkylation sites (tertiary alicyclic amines) is 2. The van der Waals surface area contributed by atoms with Crippen LogP contribution in [0.5, 0.6) is 0 Å². The fourth-order valence-corrected chi connectivity index (χ4v) is 4.13. The second-order valence-electron chi connectivity index (χ2n) is 7.42. The quantitative estimate of drug-likeness (QED) is 0.744. The van der Waals surface area contributed by atoms with Crippen LogP contribution < -0.4 is 0 Å². The Bertz CT molecular complexity index is 797. The van der Waals surface area contributed by atoms with Gasteiger partial charge in [-0.3, -0.25) is 9.69 Å². The fourth-order valence-electron chi connectivity index (χ4n) is 3.96. The van der Waals surface area contributed by atoms with Crippen LogP contribution in [0.25, 0.3) is 11.7 Å². The summed E-state index contributed by atoms with van der Waals surface area (Å²) in [6.45, 7) is 4.18. The Morgan fingerprint density at radius 1 is 1.15 bits per heavy atom. The van der Waals surface area contributed by atoms with E-state index >= 15 is 0 Å². The summed E-state index contributed by atoms with van der Waals surface area (Å²) in [7, 11) is 0. The van der Waals surface area contributed by atoms with Crippen molar-refractivity contribution < 1.29 is 13.6 Å². The maximum absolute atomic E-state index is 12.8. The number of hydrogen-bond donors (Lipinski definition) is 0. The number of carbonyl (C=O) groups excluding carboxylic acids is 1. The minimum atomic E-state index is 0.156. The minimum absolute atomic E-state index is 0.156. The van der Waals surface area contributed by atoms with Crippen molar-refractivity contribution in [3.05, 3.63) is 23.2 Å². The molecule has 2 saturated heterocycles. The lowest BCUT2D eigenvalue weighted by Crippen LogP contribution is -2.43. The van der Waals surface area contributed by atoms with Gasteiger partial charge < -0.3 is 13.7 Å². The molecule has 2 aliphatic heterocycles. The van der Waals surface area contributed by atoms with Gasteiger partial charge in [0.1, 0.15) is 0 Å². The number of furan rings is 1. The van der Waals surface area contributed by atoms with Gasteiger partial charge in [0.05, 0.1) is 12.9 Å². The molecule has 4 heterocycles. The lowest BCUT2D eigenvalue weighted by Gasteiger charge is -2.33. The minimum Gasteiger partial charge on any atom is -0.459 e. The molecular weight excluding hydrogens is 364 g/mol. The molecule has 8 heteroatoms. The van der Waals surface area contributed by atoms with Crippen molar-refractivity contribution in [1.29, 1.82) is 0 Å². The van der Waals surface area contributed by atoms with Crippen molar-refractivity contribution in [2.75, 3.05) is 26.2 Å². The average molecular weight is 391 g/mol. The molecule has 4 rings (SSSR count). The number of hydrogen-bond acceptors (Lipinski definition) is 6. The SMILES string of the molecule is O=C(C1CCN(Cn2nc(-c3ccco3)oc2=S)CC1)N1CCCCCC1. The lowest BCUT2D eigenvalue weighted by atomic mass is 9.95. The molecule has 0 atom stereocenters. The van der Waals surface area contributed by atoms with E-state index in [-0.39, 0.29) is 5.92 Å². The normalized spacial score (nSPS) is 19.9. The topological polar surface area (TPSA) is 67.6 Å². The zero-order chi connectivity index (χ0) is 18.6. The van der Waals surface area contributed by atoms with Gasteiger partial charge in [-0.05, 0) is 50.0 Å². The zero-order valence-corrected chi connectivity index (χ0v) is 16.3. The van der Waals surface area contributed by atoms with Gasteiger partial charge in [0.2, 0.25) is 5.91 Å². The van der Waals surface area contributed by atoms with Crippen LogP contribution in [0.15, 0.2) is 27.2 Å². The fraction of sp³-hybridized carbons (Fsp3) is 0.632. The molecule has 146 valence electrons. The number of piperidine rings is 1. The van der Waals surface area contributed by atoms with E-state index in [1.165, 1.54) is 12.8 Å². The van der Waals surface area contributed by atoms with Crippen LogP contribution in [-0.4, -0.2) is 51.7 Å². The molecule has 0 saturated carbocycles. The van der Waals surface area contributed by atoms with E-state index in [9.17, 15) is 4.79 Å². The molecule has 0 spiro atoms. The summed E-state index contributed by atoms with van der Waals surface area (Å²) in [6.07, 6.45) is 8.16. The van der Waals surface area contributed by atoms with Crippen LogP contribution in [0.4, 0.5) is 0 Å². The first-order valence-electron chi connectivity index (χ1n) is 9.84. The van der Waals surface area contributed by atoms with Crippen molar-refractivity contribution >= 4 is 18.1 Å². The van der Waals surface area contributed by atoms with Gasteiger partial charge in [-0.25, -0.2) is 4.68 Å². The molecule has 1 amide bonds. The highest BCUT2D eigenvalue weighted by atomic mass is 32.1. The Morgan fingerprint density at radius 2 is 1.89 bits per heavy atom. The van der Waals surface area contributed by atoms with Gasteiger partial charge in [0, 0.05) is 32.1 Å². The second-order valence-corrected chi connectivity index (χ2v) is 7.77. The molecule has 0 aromatic carbocycles. The van der Waals surface area contributed by atoms with E-state index in [0.29, 0.717) is 29.1 Å². The molecule has 0 N–H and O–H groups in total. The molecule has 2 fully saturated rings. The first kappa shape index (κ1) is 18.4. The van der Waals surface area contributed by atoms with Crippen LogP contribution in [-0.2, 0) is 11.5 Å². The van der Waals surface area contributed by atoms with Crippen LogP contribution >= 0.6 is 12.2 Å². The van der Waals surface area contributed by atoms with Gasteiger partial charge in [-0.2, -0.15) is 0 Å². The predicted octanol–water partition coefficient (Wildman–Crippen LogP) is 3.54. The molecule has 2 aliphatic rings. The number of aromatic nitrogens is 2. The monoisotopic (exact) mass is 390 g/mol. The number of carbonyl (C=O) groups is 1. The highest BCUT2D eigenvalue weighted by molar-refractivity contribution is 7.71. The Balaban J connectivity index is 1.32. The maximum Gasteiger partial charge on any atom is 0.288 e. The van der Waals surface area contributed by atoms with Crippen LogP contribution in [0, 0.1) is 10.8 Å². The third kappa shape index (κ3) is 4.32. The first-order valence-corrected chi connectivity index (χ1v) is 10.2. The van der Waals surface area contributed by atoms with Gasteiger partial charge in [-0.15, -0.1) is 5.10 Å². The third-order valence-electron chi connectivity index (χ3n) is 5.53. The number of amides is 1. The average Bonchev–Trinajstić information content (AvgIpc) is 3.25. The molecule has 2 aromatic rings. The highest BCUT2D eigenvalue weighted by Gasteiger charge is 2.29. The maximum atomic E-state index is 12.8. The van der Waals surface area contributed by atoms with Crippen molar-refractivity contribution in [2.24, 2.45) is 5.92 Å². The first-order chi connectivity index (χ1) is 13.2. The summed E-state index contributed by atoms with van der Waals surface area (Å²) in [6, 6.07) is 3.59. The highest BCUT2D eigenvalue weighted by Crippen LogP contribution is 2.23. The summed E-state index contributed by atoms with van der Waals surface area (Å²) in [5.74, 6) is 1.48. The molecule has 2 aromatic heterocycles. The summed E-state index contributed by atoms with van der Waals surface area (Å²) in [5.41, 5.74) is 0. The van der Waals surface area contributed by atoms with Gasteiger partial charge in [0.15, 0.2) is 5.76 Å². The smallest absolute Gasteiger partial charge is 0.288 e. The predicted molar refractivity (Wildman–Crippen MR) is 102 cm³/mol. The summed E-state index contributed by atoms with van der Waals surface area (Å²) >= 11 is 5.28. The Hall–Kier alpha value is -1.93. The van der Waals surface area contributed by atoms with Crippen LogP contribution in [0.1, 0.15) is 38.5 Å². The zero-order valence-electron chi connectivity index (χ0n) is 15.5. The standard InChI is InChI=1S/C19H26N4O3S/c24-18(22-9-3-1-2-4-10-22)15-7-11-21(12-8-15)14-23-19(27)26-17(20-23)16-6-5-13-25-16/h5-6,13,15H,1-4,7-12,14H2. The Labute approximate surface area is 163 Å². The Morgan fingerprint density at radius 3 is 2.56 bits per heavy atom. The van der Waals surface area contributed by atoms with Crippen molar-refractivity contribution in [2.45, 2.75) is 45.2 Å². The number of rotatable bonds is 4. The van der Waals surface area contributed by atoms with E-state index < -0.39 is 0 Å². The van der Waals surface area contributed by atoms with Crippen molar-refractivity contribution in [3.8, 4) is 11.7 Å². The molecule has 0 radical (unpaired) electrons. The Kier molecular flexibility index (Phi) is 5.73. The number of nitrogens with zero attached hydrogens (tertiary/aromatic N) is 4. The summed E-state index contributed by atoms with van der Waals surface area (Å²) < 4.78 is 12.5. The van der Waals surface area contributed by atoms with E-state index in [1.54, 1.807) is 23.1 Å². The lowest BCUT2D eigenvalue weighted by molar-refractivity contribution is -0.137. The van der Waals surface area contributed by atoms with Gasteiger partial charge in [0.25, 0.3) is 10.7 Å². The van der Waals surface area contributed by atoms with E-state index in [0.717, 1.165) is 51.9 Å². The largest absolute Gasteiger partial charge is 0.459 e. The van der Waals surface area contributed by atoms with Crippen molar-refractivity contribution in [3.63, 3.8) is 0 Å². The third-order valence-corrected chi connectivity index (χ3v) is 5.82. The van der Waals surface area contributed by atoms with E-state index in [4.69, 9.17) is 21.1 Å². The van der Waals surface area contributed by atoms with E-state index in [2.05, 4.69) is 14.9 Å². The summed E-state index contributed by atoms with van der Waals surface area (Å²) in [4.78, 5) is 17.5. The molecule has 0 unspecified atom stereocenters. The van der Waals surface area contributed by atoms with Crippen molar-refractivity contribution in [1.82, 2.24) is 19.6 Å². The molecule has 0 bridgehead atoms. The molecule has 0 aliphatic carbocycles. The second kappa shape index (κ2) is 8.39. The summed E-state index contributed by atoms with van der Waals surface area (Å²) in [5, 5.41) is 4.42. The van der Waals surface area contributed by atoms with Crippen LogP contribution in [0.3, 0.4) is 0 Å².